The highest BCUT2D eigenvalue weighted by Gasteiger charge is 2.41. The van der Waals surface area contributed by atoms with Gasteiger partial charge in [0.15, 0.2) is 0 Å². The van der Waals surface area contributed by atoms with Gasteiger partial charge in [0, 0.05) is 18.1 Å². The van der Waals surface area contributed by atoms with Crippen LogP contribution in [0.5, 0.6) is 0 Å². The van der Waals surface area contributed by atoms with E-state index in [0.29, 0.717) is 6.17 Å². The van der Waals surface area contributed by atoms with Crippen LogP contribution in [0.4, 0.5) is 5.69 Å². The van der Waals surface area contributed by atoms with Crippen molar-refractivity contribution in [2.24, 2.45) is 4.99 Å². The zero-order chi connectivity index (χ0) is 12.7. The summed E-state index contributed by atoms with van der Waals surface area (Å²) in [6, 6.07) is 8.45. The van der Waals surface area contributed by atoms with Crippen LogP contribution in [0.25, 0.3) is 0 Å². The number of hydrogen-bond acceptors (Lipinski definition) is 4. The van der Waals surface area contributed by atoms with Crippen molar-refractivity contribution in [3.8, 4) is 0 Å². The first-order valence-corrected chi connectivity index (χ1v) is 6.25. The zero-order valence-electron chi connectivity index (χ0n) is 11.0. The Labute approximate surface area is 108 Å². The molecular formula is C14H18N4. The van der Waals surface area contributed by atoms with Crippen LogP contribution in [0.15, 0.2) is 41.7 Å². The van der Waals surface area contributed by atoms with Crippen LogP contribution in [-0.2, 0) is 0 Å². The van der Waals surface area contributed by atoms with E-state index < -0.39 is 0 Å². The highest BCUT2D eigenvalue weighted by molar-refractivity contribution is 6.05. The molecule has 2 aliphatic heterocycles. The van der Waals surface area contributed by atoms with Gasteiger partial charge < -0.3 is 10.2 Å². The minimum atomic E-state index is 0.171. The molecule has 94 valence electrons. The molecule has 0 aliphatic carbocycles. The summed E-state index contributed by atoms with van der Waals surface area (Å²) in [5, 5.41) is 3.35. The second-order valence-corrected chi connectivity index (χ2v) is 4.83. The van der Waals surface area contributed by atoms with Crippen molar-refractivity contribution in [1.29, 1.82) is 0 Å². The van der Waals surface area contributed by atoms with Crippen molar-refractivity contribution in [2.45, 2.75) is 26.2 Å². The van der Waals surface area contributed by atoms with E-state index in [2.05, 4.69) is 65.3 Å². The number of aryl methyl sites for hydroxylation is 1. The maximum atomic E-state index is 4.55. The van der Waals surface area contributed by atoms with Gasteiger partial charge in [-0.05, 0) is 32.5 Å². The normalized spacial score (nSPS) is 26.8. The summed E-state index contributed by atoms with van der Waals surface area (Å²) in [5.74, 6) is 1.07. The Morgan fingerprint density at radius 2 is 2.06 bits per heavy atom. The summed E-state index contributed by atoms with van der Waals surface area (Å²) < 4.78 is 0. The van der Waals surface area contributed by atoms with Crippen LogP contribution in [0.3, 0.4) is 0 Å². The first-order chi connectivity index (χ1) is 8.70. The van der Waals surface area contributed by atoms with Gasteiger partial charge in [-0.25, -0.2) is 4.99 Å². The van der Waals surface area contributed by atoms with Gasteiger partial charge in [-0.3, -0.25) is 4.90 Å². The van der Waals surface area contributed by atoms with Crippen LogP contribution in [0.1, 0.15) is 12.5 Å². The Balaban J connectivity index is 2.08. The standard InChI is InChI=1S/C14H18N4/c1-10-6-4-5-7-12(10)18-11(2)17(3)13-14(18)16-9-8-15-13/h4-9,11,13,15H,1-3H3. The summed E-state index contributed by atoms with van der Waals surface area (Å²) in [4.78, 5) is 9.14. The number of benzene rings is 1. The van der Waals surface area contributed by atoms with Crippen LogP contribution < -0.4 is 10.2 Å². The Hall–Kier alpha value is -1.81. The number of para-hydroxylation sites is 1. The van der Waals surface area contributed by atoms with Crippen molar-refractivity contribution < 1.29 is 0 Å². The van der Waals surface area contributed by atoms with Gasteiger partial charge in [0.2, 0.25) is 0 Å². The third-order valence-electron chi connectivity index (χ3n) is 3.77. The smallest absolute Gasteiger partial charge is 0.148 e. The van der Waals surface area contributed by atoms with Crippen molar-refractivity contribution in [3.63, 3.8) is 0 Å². The largest absolute Gasteiger partial charge is 0.368 e. The molecule has 2 atom stereocenters. The molecule has 1 saturated heterocycles. The molecule has 1 fully saturated rings. The number of anilines is 1. The van der Waals surface area contributed by atoms with Crippen molar-refractivity contribution in [1.82, 2.24) is 10.2 Å². The summed E-state index contributed by atoms with van der Waals surface area (Å²) in [5.41, 5.74) is 2.51. The maximum absolute atomic E-state index is 4.55. The zero-order valence-corrected chi connectivity index (χ0v) is 11.0. The number of amidine groups is 1. The Kier molecular flexibility index (Phi) is 2.59. The molecule has 1 aromatic carbocycles. The second-order valence-electron chi connectivity index (χ2n) is 4.83. The molecule has 0 spiro atoms. The minimum Gasteiger partial charge on any atom is -0.368 e. The molecule has 18 heavy (non-hydrogen) atoms. The van der Waals surface area contributed by atoms with Crippen LogP contribution in [-0.4, -0.2) is 30.1 Å². The number of rotatable bonds is 1. The molecule has 0 radical (unpaired) electrons. The molecule has 2 aliphatic rings. The van der Waals surface area contributed by atoms with Crippen LogP contribution in [0.2, 0.25) is 0 Å². The Morgan fingerprint density at radius 3 is 2.83 bits per heavy atom. The van der Waals surface area contributed by atoms with E-state index in [0.717, 1.165) is 5.84 Å². The van der Waals surface area contributed by atoms with Gasteiger partial charge in [-0.2, -0.15) is 0 Å². The van der Waals surface area contributed by atoms with Gasteiger partial charge in [0.25, 0.3) is 0 Å². The minimum absolute atomic E-state index is 0.171. The maximum Gasteiger partial charge on any atom is 0.148 e. The molecule has 4 nitrogen and oxygen atoms in total. The average Bonchev–Trinajstić information content (AvgIpc) is 2.64. The van der Waals surface area contributed by atoms with Gasteiger partial charge in [-0.1, -0.05) is 18.2 Å². The lowest BCUT2D eigenvalue weighted by Crippen LogP contribution is -2.43. The van der Waals surface area contributed by atoms with Gasteiger partial charge in [0.1, 0.15) is 12.0 Å². The molecule has 0 saturated carbocycles. The Morgan fingerprint density at radius 1 is 1.28 bits per heavy atom. The van der Waals surface area contributed by atoms with E-state index in [9.17, 15) is 0 Å². The fraction of sp³-hybridized carbons (Fsp3) is 0.357. The van der Waals surface area contributed by atoms with Gasteiger partial charge >= 0.3 is 0 Å². The topological polar surface area (TPSA) is 30.9 Å². The van der Waals surface area contributed by atoms with E-state index in [4.69, 9.17) is 0 Å². The number of hydrogen-bond donors (Lipinski definition) is 1. The van der Waals surface area contributed by atoms with E-state index in [1.807, 2.05) is 12.4 Å². The summed E-state index contributed by atoms with van der Waals surface area (Å²) in [6.07, 6.45) is 4.19. The van der Waals surface area contributed by atoms with E-state index in [1.54, 1.807) is 0 Å². The lowest BCUT2D eigenvalue weighted by Gasteiger charge is -2.26. The number of fused-ring (bicyclic) bond motifs is 1. The number of nitrogens with zero attached hydrogens (tertiary/aromatic N) is 3. The monoisotopic (exact) mass is 242 g/mol. The van der Waals surface area contributed by atoms with E-state index in [-0.39, 0.29) is 6.17 Å². The van der Waals surface area contributed by atoms with Crippen LogP contribution >= 0.6 is 0 Å². The second kappa shape index (κ2) is 4.14. The number of nitrogens with one attached hydrogen (secondary N) is 1. The molecule has 2 unspecified atom stereocenters. The summed E-state index contributed by atoms with van der Waals surface area (Å²) in [6.45, 7) is 4.34. The van der Waals surface area contributed by atoms with E-state index >= 15 is 0 Å². The van der Waals surface area contributed by atoms with Gasteiger partial charge in [0.05, 0.1) is 6.17 Å². The summed E-state index contributed by atoms with van der Waals surface area (Å²) in [7, 11) is 2.12. The average molecular weight is 242 g/mol. The van der Waals surface area contributed by atoms with Crippen molar-refractivity contribution >= 4 is 11.5 Å². The van der Waals surface area contributed by atoms with Crippen molar-refractivity contribution in [3.05, 3.63) is 42.2 Å². The fourth-order valence-electron chi connectivity index (χ4n) is 2.63. The number of likely N-dealkylation sites (N-methyl/N-ethyl adjacent to an activating group) is 1. The molecule has 1 N–H and O–H groups in total. The van der Waals surface area contributed by atoms with Crippen molar-refractivity contribution in [2.75, 3.05) is 11.9 Å². The molecule has 3 rings (SSSR count). The highest BCUT2D eigenvalue weighted by Crippen LogP contribution is 2.30. The third-order valence-corrected chi connectivity index (χ3v) is 3.77. The molecule has 0 bridgehead atoms. The number of aliphatic imine (C=N–C) groups is 1. The predicted octanol–water partition coefficient (Wildman–Crippen LogP) is 1.89. The molecule has 0 aromatic heterocycles. The molecule has 1 aromatic rings. The lowest BCUT2D eigenvalue weighted by molar-refractivity contribution is 0.252. The van der Waals surface area contributed by atoms with Crippen LogP contribution in [0, 0.1) is 6.92 Å². The molecular weight excluding hydrogens is 224 g/mol. The first kappa shape index (κ1) is 11.3. The lowest BCUT2D eigenvalue weighted by atomic mass is 10.1. The van der Waals surface area contributed by atoms with Gasteiger partial charge in [-0.15, -0.1) is 0 Å². The fourth-order valence-corrected chi connectivity index (χ4v) is 2.63. The SMILES string of the molecule is Cc1ccccc1N1C2=NC=CNC2N(C)C1C. The quantitative estimate of drug-likeness (QED) is 0.816. The summed E-state index contributed by atoms with van der Waals surface area (Å²) >= 11 is 0. The predicted molar refractivity (Wildman–Crippen MR) is 74.4 cm³/mol. The molecule has 4 heteroatoms. The highest BCUT2D eigenvalue weighted by atomic mass is 15.5. The van der Waals surface area contributed by atoms with E-state index in [1.165, 1.54) is 11.3 Å². The first-order valence-electron chi connectivity index (χ1n) is 6.25. The third kappa shape index (κ3) is 1.53. The Bertz CT molecular complexity index is 520. The molecule has 0 amide bonds. The molecule has 2 heterocycles.